The van der Waals surface area contributed by atoms with Crippen molar-refractivity contribution in [2.45, 2.75) is 101 Å². The van der Waals surface area contributed by atoms with E-state index in [4.69, 9.17) is 6.57 Å². The van der Waals surface area contributed by atoms with Gasteiger partial charge in [0.1, 0.15) is 5.54 Å². The summed E-state index contributed by atoms with van der Waals surface area (Å²) < 4.78 is 41.9. The lowest BCUT2D eigenvalue weighted by molar-refractivity contribution is -0.149. The molecular weight excluding hydrogens is 643 g/mol. The second kappa shape index (κ2) is 12.4. The van der Waals surface area contributed by atoms with E-state index in [1.807, 2.05) is 6.20 Å². The molecule has 4 heterocycles. The van der Waals surface area contributed by atoms with E-state index in [1.54, 1.807) is 24.7 Å². The zero-order valence-corrected chi connectivity index (χ0v) is 29.1. The van der Waals surface area contributed by atoms with Crippen molar-refractivity contribution in [3.63, 3.8) is 0 Å². The van der Waals surface area contributed by atoms with Gasteiger partial charge in [0.25, 0.3) is 5.91 Å². The lowest BCUT2D eigenvalue weighted by Gasteiger charge is -2.58. The van der Waals surface area contributed by atoms with Crippen molar-refractivity contribution in [3.05, 3.63) is 53.1 Å². The number of carbonyl (C=O) groups is 2. The summed E-state index contributed by atoms with van der Waals surface area (Å²) in [5, 5.41) is 7.08. The van der Waals surface area contributed by atoms with E-state index >= 15 is 0 Å². The van der Waals surface area contributed by atoms with Crippen molar-refractivity contribution in [2.24, 2.45) is 23.2 Å². The summed E-state index contributed by atoms with van der Waals surface area (Å²) in [6.45, 7) is 16.3. The van der Waals surface area contributed by atoms with Gasteiger partial charge in [0.05, 0.1) is 18.3 Å². The molecule has 3 aliphatic heterocycles. The number of carbonyl (C=O) groups excluding carboxylic acids is 2. The van der Waals surface area contributed by atoms with Crippen molar-refractivity contribution in [3.8, 4) is 0 Å². The van der Waals surface area contributed by atoms with Gasteiger partial charge < -0.3 is 10.2 Å². The molecular formula is C38H48F3N7O2. The summed E-state index contributed by atoms with van der Waals surface area (Å²) in [7, 11) is 0. The SMILES string of the molecule is [C-]#[N+]c1ccc(NC(=O)C(C)(C)n2cc(C3CCN(C4CN(C5CN(C(=O)CC67CC8CC(CC(C8)C6)C7)C5)C4)CC3)cn2)cc1C(F)(F)F. The van der Waals surface area contributed by atoms with Gasteiger partial charge in [-0.15, -0.1) is 0 Å². The Balaban J connectivity index is 0.781. The molecule has 0 unspecified atom stereocenters. The molecule has 1 aromatic carbocycles. The third-order valence-electron chi connectivity index (χ3n) is 13.2. The van der Waals surface area contributed by atoms with E-state index < -0.39 is 28.9 Å². The molecule has 9 rings (SSSR count). The highest BCUT2D eigenvalue weighted by Crippen LogP contribution is 2.61. The average Bonchev–Trinajstić information content (AvgIpc) is 3.52. The minimum Gasteiger partial charge on any atom is -0.339 e. The summed E-state index contributed by atoms with van der Waals surface area (Å²) in [6.07, 6.45) is 9.92. The van der Waals surface area contributed by atoms with E-state index in [2.05, 4.69) is 30.0 Å². The topological polar surface area (TPSA) is 78.1 Å². The molecule has 0 atom stereocenters. The number of likely N-dealkylation sites (tertiary alicyclic amines) is 3. The number of hydrogen-bond donors (Lipinski definition) is 1. The van der Waals surface area contributed by atoms with Gasteiger partial charge in [-0.1, -0.05) is 6.07 Å². The number of nitrogens with one attached hydrogen (secondary N) is 1. The highest BCUT2D eigenvalue weighted by atomic mass is 19.4. The number of benzene rings is 1. The standard InChI is InChI=1S/C38H48F3N7O2/c1-36(2,35(50)44-29-4-5-33(42-3)32(13-29)38(39,40)41)48-19-28(18-43-48)27-6-8-45(9-7-27)30-20-46(21-30)31-22-47(23-31)34(49)17-37-14-24-10-25(15-37)12-26(11-24)16-37/h4-5,13,18-19,24-27,30-31H,6-12,14-17,20-23H2,1-2H3,(H,44,50). The maximum atomic E-state index is 13.4. The molecule has 1 N–H and O–H groups in total. The van der Waals surface area contributed by atoms with Gasteiger partial charge in [-0.05, 0) is 125 Å². The van der Waals surface area contributed by atoms with Crippen molar-refractivity contribution < 1.29 is 22.8 Å². The fraction of sp³-hybridized carbons (Fsp3) is 0.684. The number of rotatable bonds is 8. The second-order valence-corrected chi connectivity index (χ2v) is 17.0. The average molecular weight is 692 g/mol. The Labute approximate surface area is 292 Å². The molecule has 7 aliphatic rings. The highest BCUT2D eigenvalue weighted by molar-refractivity contribution is 5.96. The van der Waals surface area contributed by atoms with E-state index in [0.717, 1.165) is 94.0 Å². The molecule has 4 bridgehead atoms. The second-order valence-electron chi connectivity index (χ2n) is 17.0. The molecule has 1 aromatic heterocycles. The van der Waals surface area contributed by atoms with Crippen LogP contribution in [-0.4, -0.2) is 87.6 Å². The number of anilines is 1. The number of hydrogen-bond acceptors (Lipinski definition) is 5. The maximum absolute atomic E-state index is 13.4. The molecule has 9 nitrogen and oxygen atoms in total. The largest absolute Gasteiger partial charge is 0.407 e. The Bertz CT molecular complexity index is 1640. The number of aromatic nitrogens is 2. The van der Waals surface area contributed by atoms with Crippen LogP contribution in [-0.2, 0) is 21.3 Å². The predicted octanol–water partition coefficient (Wildman–Crippen LogP) is 6.51. The zero-order chi connectivity index (χ0) is 35.0. The van der Waals surface area contributed by atoms with Crippen molar-refractivity contribution in [2.75, 3.05) is 44.6 Å². The molecule has 268 valence electrons. The van der Waals surface area contributed by atoms with Gasteiger partial charge >= 0.3 is 6.18 Å². The minimum atomic E-state index is -4.70. The molecule has 12 heteroatoms. The molecule has 3 saturated heterocycles. The molecule has 2 amide bonds. The Kier molecular flexibility index (Phi) is 8.33. The molecule has 2 aromatic rings. The van der Waals surface area contributed by atoms with E-state index in [-0.39, 0.29) is 5.69 Å². The Morgan fingerprint density at radius 3 is 2.18 bits per heavy atom. The minimum absolute atomic E-state index is 0.0207. The Hall–Kier alpha value is -3.43. The summed E-state index contributed by atoms with van der Waals surface area (Å²) in [5.74, 6) is 2.89. The normalized spacial score (nSPS) is 29.4. The van der Waals surface area contributed by atoms with Crippen LogP contribution in [0.5, 0.6) is 0 Å². The van der Waals surface area contributed by atoms with Crippen LogP contribution < -0.4 is 5.32 Å². The van der Waals surface area contributed by atoms with Gasteiger partial charge in [0.15, 0.2) is 5.69 Å². The first-order chi connectivity index (χ1) is 23.8. The van der Waals surface area contributed by atoms with Crippen LogP contribution in [0.15, 0.2) is 30.6 Å². The molecule has 4 aliphatic carbocycles. The highest BCUT2D eigenvalue weighted by Gasteiger charge is 2.53. The Morgan fingerprint density at radius 2 is 1.58 bits per heavy atom. The molecule has 0 spiro atoms. The van der Waals surface area contributed by atoms with Gasteiger partial charge in [-0.25, -0.2) is 4.85 Å². The summed E-state index contributed by atoms with van der Waals surface area (Å²) in [4.78, 5) is 36.8. The first kappa shape index (κ1) is 33.7. The number of amides is 2. The quantitative estimate of drug-likeness (QED) is 0.320. The van der Waals surface area contributed by atoms with Crippen LogP contribution in [0.1, 0.15) is 88.7 Å². The van der Waals surface area contributed by atoms with Gasteiger partial charge in [-0.3, -0.25) is 24.1 Å². The maximum Gasteiger partial charge on any atom is 0.407 e. The monoisotopic (exact) mass is 691 g/mol. The molecule has 4 saturated carbocycles. The van der Waals surface area contributed by atoms with Crippen LogP contribution in [0.25, 0.3) is 4.85 Å². The summed E-state index contributed by atoms with van der Waals surface area (Å²) in [5.41, 5.74) is -1.37. The predicted molar refractivity (Wildman–Crippen MR) is 182 cm³/mol. The summed E-state index contributed by atoms with van der Waals surface area (Å²) in [6, 6.07) is 4.24. The number of alkyl halides is 3. The summed E-state index contributed by atoms with van der Waals surface area (Å²) >= 11 is 0. The van der Waals surface area contributed by atoms with Crippen LogP contribution in [0.4, 0.5) is 24.5 Å². The fourth-order valence-corrected chi connectivity index (χ4v) is 10.6. The third-order valence-corrected chi connectivity index (χ3v) is 13.2. The Morgan fingerprint density at radius 1 is 0.960 bits per heavy atom. The van der Waals surface area contributed by atoms with Gasteiger partial charge in [0, 0.05) is 56.6 Å². The molecule has 0 radical (unpaired) electrons. The molecule has 50 heavy (non-hydrogen) atoms. The lowest BCUT2D eigenvalue weighted by atomic mass is 9.49. The van der Waals surface area contributed by atoms with Crippen LogP contribution in [0.2, 0.25) is 0 Å². The van der Waals surface area contributed by atoms with Crippen molar-refractivity contribution in [1.29, 1.82) is 0 Å². The molecule has 7 fully saturated rings. The van der Waals surface area contributed by atoms with Crippen molar-refractivity contribution in [1.82, 2.24) is 24.5 Å². The first-order valence-corrected chi connectivity index (χ1v) is 18.5. The van der Waals surface area contributed by atoms with Gasteiger partial charge in [0.2, 0.25) is 5.91 Å². The third kappa shape index (κ3) is 6.23. The van der Waals surface area contributed by atoms with E-state index in [9.17, 15) is 22.8 Å². The fourth-order valence-electron chi connectivity index (χ4n) is 10.6. The van der Waals surface area contributed by atoms with Crippen molar-refractivity contribution >= 4 is 23.2 Å². The number of piperidine rings is 1. The number of halogens is 3. The van der Waals surface area contributed by atoms with Crippen LogP contribution >= 0.6 is 0 Å². The zero-order valence-electron chi connectivity index (χ0n) is 29.1. The smallest absolute Gasteiger partial charge is 0.339 e. The lowest BCUT2D eigenvalue weighted by Crippen LogP contribution is -2.70. The first-order valence-electron chi connectivity index (χ1n) is 18.5. The number of nitrogens with zero attached hydrogens (tertiary/aromatic N) is 6. The van der Waals surface area contributed by atoms with Crippen LogP contribution in [0, 0.1) is 29.7 Å². The van der Waals surface area contributed by atoms with E-state index in [0.29, 0.717) is 29.3 Å². The van der Waals surface area contributed by atoms with E-state index in [1.165, 1.54) is 44.6 Å². The van der Waals surface area contributed by atoms with Gasteiger partial charge in [-0.2, -0.15) is 18.3 Å². The van der Waals surface area contributed by atoms with Crippen LogP contribution in [0.3, 0.4) is 0 Å².